The summed E-state index contributed by atoms with van der Waals surface area (Å²) in [5.41, 5.74) is 0.448. The van der Waals surface area contributed by atoms with Crippen molar-refractivity contribution in [2.45, 2.75) is 23.5 Å². The van der Waals surface area contributed by atoms with Gasteiger partial charge in [-0.3, -0.25) is 9.59 Å². The van der Waals surface area contributed by atoms with Crippen LogP contribution in [0.4, 0.5) is 14.5 Å². The monoisotopic (exact) mass is 275 g/mol. The van der Waals surface area contributed by atoms with Gasteiger partial charge in [-0.05, 0) is 24.3 Å². The first-order valence-electron chi connectivity index (χ1n) is 5.04. The summed E-state index contributed by atoms with van der Waals surface area (Å²) in [7, 11) is 0. The molecule has 0 spiro atoms. The molecule has 4 nitrogen and oxygen atoms in total. The van der Waals surface area contributed by atoms with Gasteiger partial charge in [0.15, 0.2) is 0 Å². The standard InChI is InChI=1S/C11H11F2NO3S/c12-11(13)18-8-3-1-7(2-4-8)14-9(15)5-6-10(16)17/h1-4,11H,5-6H2,(H,14,15)(H,16,17). The maximum Gasteiger partial charge on any atom is 0.303 e. The van der Waals surface area contributed by atoms with Crippen LogP contribution in [0.25, 0.3) is 0 Å². The van der Waals surface area contributed by atoms with Crippen LogP contribution in [0.3, 0.4) is 0 Å². The normalized spacial score (nSPS) is 10.4. The van der Waals surface area contributed by atoms with Crippen LogP contribution < -0.4 is 5.32 Å². The van der Waals surface area contributed by atoms with Gasteiger partial charge in [-0.1, -0.05) is 11.8 Å². The summed E-state index contributed by atoms with van der Waals surface area (Å²) in [5.74, 6) is -3.96. The Morgan fingerprint density at radius 3 is 2.33 bits per heavy atom. The second kappa shape index (κ2) is 6.95. The van der Waals surface area contributed by atoms with Crippen LogP contribution in [-0.4, -0.2) is 22.7 Å². The van der Waals surface area contributed by atoms with Gasteiger partial charge in [-0.15, -0.1) is 0 Å². The highest BCUT2D eigenvalue weighted by molar-refractivity contribution is 7.99. The van der Waals surface area contributed by atoms with Crippen LogP contribution in [-0.2, 0) is 9.59 Å². The average molecular weight is 275 g/mol. The lowest BCUT2D eigenvalue weighted by Gasteiger charge is -2.05. The van der Waals surface area contributed by atoms with Crippen molar-refractivity contribution in [1.29, 1.82) is 0 Å². The summed E-state index contributed by atoms with van der Waals surface area (Å²) in [6.45, 7) is 0. The Morgan fingerprint density at radius 2 is 1.83 bits per heavy atom. The van der Waals surface area contributed by atoms with Crippen LogP contribution in [0.15, 0.2) is 29.2 Å². The Hall–Kier alpha value is -1.63. The molecule has 0 heterocycles. The van der Waals surface area contributed by atoms with Crippen molar-refractivity contribution in [3.8, 4) is 0 Å². The number of halogens is 2. The molecule has 1 amide bonds. The minimum Gasteiger partial charge on any atom is -0.481 e. The van der Waals surface area contributed by atoms with Crippen LogP contribution in [0.1, 0.15) is 12.8 Å². The Morgan fingerprint density at radius 1 is 1.22 bits per heavy atom. The number of carboxylic acids is 1. The van der Waals surface area contributed by atoms with Gasteiger partial charge >= 0.3 is 5.97 Å². The lowest BCUT2D eigenvalue weighted by molar-refractivity contribution is -0.138. The molecule has 0 aliphatic rings. The van der Waals surface area contributed by atoms with Crippen molar-refractivity contribution in [2.24, 2.45) is 0 Å². The van der Waals surface area contributed by atoms with E-state index in [-0.39, 0.29) is 12.8 Å². The van der Waals surface area contributed by atoms with Crippen LogP contribution >= 0.6 is 11.8 Å². The molecule has 0 saturated heterocycles. The van der Waals surface area contributed by atoms with Gasteiger partial charge in [0.1, 0.15) is 0 Å². The van der Waals surface area contributed by atoms with Gasteiger partial charge in [0, 0.05) is 17.0 Å². The number of carboxylic acid groups (broad SMARTS) is 1. The summed E-state index contributed by atoms with van der Waals surface area (Å²) < 4.78 is 24.1. The van der Waals surface area contributed by atoms with E-state index in [9.17, 15) is 18.4 Å². The van der Waals surface area contributed by atoms with Gasteiger partial charge in [0.05, 0.1) is 6.42 Å². The van der Waals surface area contributed by atoms with Gasteiger partial charge < -0.3 is 10.4 Å². The molecule has 0 saturated carbocycles. The topological polar surface area (TPSA) is 66.4 Å². The van der Waals surface area contributed by atoms with Gasteiger partial charge in [-0.25, -0.2) is 0 Å². The highest BCUT2D eigenvalue weighted by Crippen LogP contribution is 2.26. The third-order valence-corrected chi connectivity index (χ3v) is 2.65. The number of hydrogen-bond donors (Lipinski definition) is 2. The second-order valence-electron chi connectivity index (χ2n) is 3.34. The van der Waals surface area contributed by atoms with Crippen molar-refractivity contribution < 1.29 is 23.5 Å². The number of aliphatic carboxylic acids is 1. The highest BCUT2D eigenvalue weighted by atomic mass is 32.2. The Bertz CT molecular complexity index is 423. The number of alkyl halides is 2. The maximum atomic E-state index is 12.0. The van der Waals surface area contributed by atoms with Crippen molar-refractivity contribution in [1.82, 2.24) is 0 Å². The molecule has 0 fully saturated rings. The number of hydrogen-bond acceptors (Lipinski definition) is 3. The fourth-order valence-corrected chi connectivity index (χ4v) is 1.66. The smallest absolute Gasteiger partial charge is 0.303 e. The third-order valence-electron chi connectivity index (χ3n) is 1.93. The molecule has 0 aromatic heterocycles. The van der Waals surface area contributed by atoms with E-state index >= 15 is 0 Å². The summed E-state index contributed by atoms with van der Waals surface area (Å²) in [6, 6.07) is 5.90. The number of benzene rings is 1. The lowest BCUT2D eigenvalue weighted by atomic mass is 10.2. The number of carbonyl (C=O) groups excluding carboxylic acids is 1. The molecule has 98 valence electrons. The van der Waals surface area contributed by atoms with Gasteiger partial charge in [0.25, 0.3) is 5.76 Å². The summed E-state index contributed by atoms with van der Waals surface area (Å²) in [5, 5.41) is 10.9. The van der Waals surface area contributed by atoms with E-state index in [2.05, 4.69) is 5.32 Å². The number of amides is 1. The lowest BCUT2D eigenvalue weighted by Crippen LogP contribution is -2.13. The van der Waals surface area contributed by atoms with Crippen LogP contribution in [0.2, 0.25) is 0 Å². The summed E-state index contributed by atoms with van der Waals surface area (Å²) in [4.78, 5) is 21.9. The van der Waals surface area contributed by atoms with Crippen molar-refractivity contribution in [2.75, 3.05) is 5.32 Å². The molecule has 1 aromatic carbocycles. The zero-order valence-corrected chi connectivity index (χ0v) is 10.0. The fourth-order valence-electron chi connectivity index (χ4n) is 1.16. The van der Waals surface area contributed by atoms with Crippen molar-refractivity contribution >= 4 is 29.3 Å². The Labute approximate surface area is 106 Å². The van der Waals surface area contributed by atoms with E-state index in [1.165, 1.54) is 24.3 Å². The molecule has 7 heteroatoms. The molecule has 1 rings (SSSR count). The minimum atomic E-state index is -2.49. The summed E-state index contributed by atoms with van der Waals surface area (Å²) in [6.07, 6.45) is -0.367. The quantitative estimate of drug-likeness (QED) is 0.783. The minimum absolute atomic E-state index is 0.122. The molecular weight excluding hydrogens is 264 g/mol. The molecule has 2 N–H and O–H groups in total. The molecule has 0 atom stereocenters. The zero-order chi connectivity index (χ0) is 13.5. The second-order valence-corrected chi connectivity index (χ2v) is 4.41. The molecule has 0 unspecified atom stereocenters. The van der Waals surface area contributed by atoms with Crippen molar-refractivity contribution in [3.63, 3.8) is 0 Å². The maximum absolute atomic E-state index is 12.0. The zero-order valence-electron chi connectivity index (χ0n) is 9.23. The van der Waals surface area contributed by atoms with E-state index in [0.717, 1.165) is 0 Å². The predicted molar refractivity (Wildman–Crippen MR) is 63.8 cm³/mol. The number of anilines is 1. The number of thioether (sulfide) groups is 1. The van der Waals surface area contributed by atoms with Crippen LogP contribution in [0, 0.1) is 0 Å². The third kappa shape index (κ3) is 5.62. The van der Waals surface area contributed by atoms with Gasteiger partial charge in [0.2, 0.25) is 5.91 Å². The molecule has 1 aromatic rings. The molecule has 0 bridgehead atoms. The molecule has 0 aliphatic heterocycles. The Balaban J connectivity index is 2.48. The largest absolute Gasteiger partial charge is 0.481 e. The highest BCUT2D eigenvalue weighted by Gasteiger charge is 2.07. The molecule has 0 radical (unpaired) electrons. The molecular formula is C11H11F2NO3S. The van der Waals surface area contributed by atoms with Crippen molar-refractivity contribution in [3.05, 3.63) is 24.3 Å². The van der Waals surface area contributed by atoms with E-state index in [1.54, 1.807) is 0 Å². The number of carbonyl (C=O) groups is 2. The first kappa shape index (κ1) is 14.4. The van der Waals surface area contributed by atoms with E-state index in [1.807, 2.05) is 0 Å². The SMILES string of the molecule is O=C(O)CCC(=O)Nc1ccc(SC(F)F)cc1. The predicted octanol–water partition coefficient (Wildman–Crippen LogP) is 2.80. The fraction of sp³-hybridized carbons (Fsp3) is 0.273. The number of nitrogens with one attached hydrogen (secondary N) is 1. The van der Waals surface area contributed by atoms with E-state index < -0.39 is 17.6 Å². The molecule has 0 aliphatic carbocycles. The number of rotatable bonds is 6. The first-order valence-corrected chi connectivity index (χ1v) is 5.92. The first-order chi connectivity index (χ1) is 8.47. The van der Waals surface area contributed by atoms with Gasteiger partial charge in [-0.2, -0.15) is 8.78 Å². The summed E-state index contributed by atoms with van der Waals surface area (Å²) >= 11 is 0.416. The van der Waals surface area contributed by atoms with Crippen LogP contribution in [0.5, 0.6) is 0 Å². The molecule has 18 heavy (non-hydrogen) atoms. The van der Waals surface area contributed by atoms with E-state index in [4.69, 9.17) is 5.11 Å². The van der Waals surface area contributed by atoms with E-state index in [0.29, 0.717) is 22.3 Å². The average Bonchev–Trinajstić information content (AvgIpc) is 2.28. The Kier molecular flexibility index (Phi) is 5.57.